The number of H-pyrrole nitrogens is 1. The summed E-state index contributed by atoms with van der Waals surface area (Å²) in [6, 6.07) is 12.7. The first-order valence-electron chi connectivity index (χ1n) is 10.00. The van der Waals surface area contributed by atoms with Crippen LogP contribution in [0.4, 0.5) is 0 Å². The van der Waals surface area contributed by atoms with Crippen molar-refractivity contribution in [1.29, 1.82) is 0 Å². The number of nitrogens with one attached hydrogen (secondary N) is 1. The van der Waals surface area contributed by atoms with Gasteiger partial charge in [0.1, 0.15) is 5.82 Å². The third kappa shape index (κ3) is 4.29. The molecular weight excluding hydrogens is 452 g/mol. The van der Waals surface area contributed by atoms with Crippen molar-refractivity contribution < 1.29 is 22.6 Å². The van der Waals surface area contributed by atoms with Crippen molar-refractivity contribution >= 4 is 22.2 Å². The summed E-state index contributed by atoms with van der Waals surface area (Å²) in [4.78, 5) is 0.144. The van der Waals surface area contributed by atoms with Crippen LogP contribution in [0.5, 0.6) is 11.5 Å². The second-order valence-corrected chi connectivity index (χ2v) is 9.42. The van der Waals surface area contributed by atoms with E-state index in [0.29, 0.717) is 54.0 Å². The molecule has 1 aliphatic rings. The lowest BCUT2D eigenvalue weighted by Gasteiger charge is -2.27. The van der Waals surface area contributed by atoms with Gasteiger partial charge in [0.15, 0.2) is 16.3 Å². The van der Waals surface area contributed by atoms with E-state index in [1.54, 1.807) is 10.6 Å². The van der Waals surface area contributed by atoms with E-state index in [4.69, 9.17) is 26.4 Å². The van der Waals surface area contributed by atoms with Gasteiger partial charge in [-0.3, -0.25) is 9.67 Å². The Labute approximate surface area is 191 Å². The molecule has 0 radical (unpaired) electrons. The zero-order chi connectivity index (χ0) is 22.7. The summed E-state index contributed by atoms with van der Waals surface area (Å²) < 4.78 is 46.9. The first-order valence-corrected chi connectivity index (χ1v) is 11.8. The summed E-state index contributed by atoms with van der Waals surface area (Å²) in [6.07, 6.45) is 0.210. The third-order valence-electron chi connectivity index (χ3n) is 5.26. The lowest BCUT2D eigenvalue weighted by Crippen LogP contribution is -2.41. The molecule has 1 fully saturated rings. The molecule has 0 unspecified atom stereocenters. The number of aromatic amines is 1. The molecule has 3 aromatic rings. The van der Waals surface area contributed by atoms with Crippen LogP contribution < -0.4 is 9.47 Å². The number of sulfonamides is 1. The number of ether oxygens (including phenoxy) is 3. The number of para-hydroxylation sites is 1. The van der Waals surface area contributed by atoms with Gasteiger partial charge in [-0.25, -0.2) is 8.42 Å². The Hall–Kier alpha value is -2.73. The van der Waals surface area contributed by atoms with Gasteiger partial charge >= 0.3 is 0 Å². The number of methoxy groups -OCH3 is 2. The fourth-order valence-electron chi connectivity index (χ4n) is 3.67. The first-order chi connectivity index (χ1) is 15.5. The average molecular weight is 477 g/mol. The highest BCUT2D eigenvalue weighted by Crippen LogP contribution is 2.35. The zero-order valence-electron chi connectivity index (χ0n) is 17.8. The number of hydrogen-bond donors (Lipinski definition) is 1. The van der Waals surface area contributed by atoms with Crippen molar-refractivity contribution in [3.05, 3.63) is 58.6 Å². The Morgan fingerprint density at radius 3 is 2.41 bits per heavy atom. The van der Waals surface area contributed by atoms with Crippen LogP contribution in [0, 0.1) is 4.77 Å². The van der Waals surface area contributed by atoms with Gasteiger partial charge < -0.3 is 14.2 Å². The number of aromatic nitrogens is 3. The molecule has 32 heavy (non-hydrogen) atoms. The van der Waals surface area contributed by atoms with Crippen LogP contribution in [0.3, 0.4) is 0 Å². The highest BCUT2D eigenvalue weighted by molar-refractivity contribution is 7.89. The maximum absolute atomic E-state index is 13.5. The Balaban J connectivity index is 1.84. The molecule has 0 saturated carbocycles. The van der Waals surface area contributed by atoms with Gasteiger partial charge in [0, 0.05) is 31.3 Å². The molecule has 11 heteroatoms. The highest BCUT2D eigenvalue weighted by Gasteiger charge is 2.30. The van der Waals surface area contributed by atoms with Gasteiger partial charge in [0.05, 0.1) is 32.3 Å². The van der Waals surface area contributed by atoms with E-state index in [2.05, 4.69) is 10.2 Å². The van der Waals surface area contributed by atoms with Crippen molar-refractivity contribution in [3.63, 3.8) is 0 Å². The van der Waals surface area contributed by atoms with Crippen LogP contribution >= 0.6 is 12.2 Å². The number of rotatable bonds is 7. The molecule has 0 bridgehead atoms. The third-order valence-corrected chi connectivity index (χ3v) is 7.51. The molecule has 0 spiro atoms. The molecule has 1 aromatic heterocycles. The lowest BCUT2D eigenvalue weighted by atomic mass is 10.1. The maximum Gasteiger partial charge on any atom is 0.243 e. The summed E-state index contributed by atoms with van der Waals surface area (Å²) in [7, 11) is -0.809. The van der Waals surface area contributed by atoms with E-state index < -0.39 is 10.0 Å². The Kier molecular flexibility index (Phi) is 6.60. The molecule has 0 aliphatic carbocycles. The molecule has 1 aliphatic heterocycles. The number of benzene rings is 2. The molecule has 2 aromatic carbocycles. The van der Waals surface area contributed by atoms with Crippen molar-refractivity contribution in [3.8, 4) is 17.2 Å². The summed E-state index contributed by atoms with van der Waals surface area (Å²) in [5, 5.41) is 7.18. The summed E-state index contributed by atoms with van der Waals surface area (Å²) in [6.45, 7) is 1.29. The van der Waals surface area contributed by atoms with E-state index in [1.807, 2.05) is 30.3 Å². The predicted octanol–water partition coefficient (Wildman–Crippen LogP) is 2.56. The van der Waals surface area contributed by atoms with Crippen LogP contribution in [0.1, 0.15) is 11.4 Å². The largest absolute Gasteiger partial charge is 0.493 e. The molecule has 1 saturated heterocycles. The van der Waals surface area contributed by atoms with E-state index in [9.17, 15) is 8.42 Å². The lowest BCUT2D eigenvalue weighted by molar-refractivity contribution is 0.0730. The first kappa shape index (κ1) is 22.5. The second-order valence-electron chi connectivity index (χ2n) is 7.12. The predicted molar refractivity (Wildman–Crippen MR) is 121 cm³/mol. The Morgan fingerprint density at radius 2 is 1.75 bits per heavy atom. The summed E-state index contributed by atoms with van der Waals surface area (Å²) >= 11 is 5.43. The maximum atomic E-state index is 13.5. The van der Waals surface area contributed by atoms with Crippen LogP contribution in [-0.2, 0) is 21.2 Å². The van der Waals surface area contributed by atoms with Crippen LogP contribution in [0.15, 0.2) is 47.4 Å². The van der Waals surface area contributed by atoms with Gasteiger partial charge in [-0.1, -0.05) is 18.2 Å². The van der Waals surface area contributed by atoms with E-state index in [1.165, 1.54) is 24.6 Å². The fourth-order valence-corrected chi connectivity index (χ4v) is 5.55. The number of morpholine rings is 1. The molecule has 2 heterocycles. The van der Waals surface area contributed by atoms with E-state index >= 15 is 0 Å². The molecule has 1 N–H and O–H groups in total. The fraction of sp³-hybridized carbons (Fsp3) is 0.333. The van der Waals surface area contributed by atoms with Crippen molar-refractivity contribution in [2.24, 2.45) is 0 Å². The molecule has 170 valence electrons. The van der Waals surface area contributed by atoms with Gasteiger partial charge in [-0.2, -0.15) is 9.40 Å². The Morgan fingerprint density at radius 1 is 1.09 bits per heavy atom. The summed E-state index contributed by atoms with van der Waals surface area (Å²) in [5.74, 6) is 1.35. The standard InChI is InChI=1S/C21H24N4O5S2/c1-28-17-12-15(13-20-22-23-21(31)25(20)16-6-4-3-5-7-16)19(14-18(17)29-2)32(26,27)24-8-10-30-11-9-24/h3-7,12,14H,8-11,13H2,1-2H3,(H,23,31). The minimum absolute atomic E-state index is 0.144. The van der Waals surface area contributed by atoms with Crippen LogP contribution in [-0.4, -0.2) is 68.0 Å². The Bertz CT molecular complexity index is 1250. The molecule has 9 nitrogen and oxygen atoms in total. The van der Waals surface area contributed by atoms with Crippen LogP contribution in [0.25, 0.3) is 5.69 Å². The van der Waals surface area contributed by atoms with E-state index in [0.717, 1.165) is 5.69 Å². The van der Waals surface area contributed by atoms with Crippen molar-refractivity contribution in [1.82, 2.24) is 19.1 Å². The number of nitrogens with zero attached hydrogens (tertiary/aromatic N) is 3. The van der Waals surface area contributed by atoms with Gasteiger partial charge in [-0.15, -0.1) is 0 Å². The van der Waals surface area contributed by atoms with Crippen LogP contribution in [0.2, 0.25) is 0 Å². The zero-order valence-corrected chi connectivity index (χ0v) is 19.4. The molecular formula is C21H24N4O5S2. The minimum atomic E-state index is -3.80. The van der Waals surface area contributed by atoms with Gasteiger partial charge in [0.2, 0.25) is 10.0 Å². The highest BCUT2D eigenvalue weighted by atomic mass is 32.2. The minimum Gasteiger partial charge on any atom is -0.493 e. The number of hydrogen-bond acceptors (Lipinski definition) is 7. The topological polar surface area (TPSA) is 98.7 Å². The molecule has 0 atom stereocenters. The van der Waals surface area contributed by atoms with Crippen molar-refractivity contribution in [2.75, 3.05) is 40.5 Å². The molecule has 0 amide bonds. The average Bonchev–Trinajstić information content (AvgIpc) is 3.19. The smallest absolute Gasteiger partial charge is 0.243 e. The molecule has 4 rings (SSSR count). The second kappa shape index (κ2) is 9.41. The monoisotopic (exact) mass is 476 g/mol. The van der Waals surface area contributed by atoms with Gasteiger partial charge in [0.25, 0.3) is 0 Å². The SMILES string of the molecule is COc1cc(Cc2n[nH]c(=S)n2-c2ccccc2)c(S(=O)(=O)N2CCOCC2)cc1OC. The quantitative estimate of drug-likeness (QED) is 0.523. The normalized spacial score (nSPS) is 14.9. The van der Waals surface area contributed by atoms with Gasteiger partial charge in [-0.05, 0) is 36.0 Å². The van der Waals surface area contributed by atoms with Crippen molar-refractivity contribution in [2.45, 2.75) is 11.3 Å². The van der Waals surface area contributed by atoms with E-state index in [-0.39, 0.29) is 11.3 Å². The summed E-state index contributed by atoms with van der Waals surface area (Å²) in [5.41, 5.74) is 1.36.